The van der Waals surface area contributed by atoms with E-state index in [-0.39, 0.29) is 0 Å². The van der Waals surface area contributed by atoms with Crippen LogP contribution in [-0.2, 0) is 17.7 Å². The summed E-state index contributed by atoms with van der Waals surface area (Å²) in [5, 5.41) is 0. The molecule has 0 radical (unpaired) electrons. The molecule has 2 atom stereocenters. The summed E-state index contributed by atoms with van der Waals surface area (Å²) in [6, 6.07) is 0. The van der Waals surface area contributed by atoms with Crippen LogP contribution in [0.2, 0.25) is 13.1 Å². The van der Waals surface area contributed by atoms with Gasteiger partial charge in [-0.25, -0.2) is 0 Å². The highest BCUT2D eigenvalue weighted by atomic mass is 32.2. The highest BCUT2D eigenvalue weighted by molar-refractivity contribution is 8.03. The average Bonchev–Trinajstić information content (AvgIpc) is 2.75. The molecule has 0 amide bonds. The maximum atomic E-state index is 6.55. The third-order valence-corrected chi connectivity index (χ3v) is 16.8. The van der Waals surface area contributed by atoms with E-state index in [9.17, 15) is 0 Å². The zero-order chi connectivity index (χ0) is 23.6. The molecule has 0 spiro atoms. The van der Waals surface area contributed by atoms with Crippen molar-refractivity contribution in [2.45, 2.75) is 129 Å². The Hall–Kier alpha value is 0.624. The molecule has 0 aromatic heterocycles. The maximum Gasteiger partial charge on any atom is 0.348 e. The number of rotatable bonds is 22. The van der Waals surface area contributed by atoms with Gasteiger partial charge in [0.05, 0.1) is 0 Å². The minimum Gasteiger partial charge on any atom is -0.394 e. The van der Waals surface area contributed by atoms with Gasteiger partial charge in [0.25, 0.3) is 0 Å². The molecule has 188 valence electrons. The van der Waals surface area contributed by atoms with Gasteiger partial charge in [0.15, 0.2) is 0 Å². The van der Waals surface area contributed by atoms with Crippen molar-refractivity contribution in [1.29, 1.82) is 0 Å². The molecular formula is C24H54O4SSi2. The molecule has 31 heavy (non-hydrogen) atoms. The fraction of sp³-hybridized carbons (Fsp3) is 1.00. The zero-order valence-electron chi connectivity index (χ0n) is 22.1. The summed E-state index contributed by atoms with van der Waals surface area (Å²) in [6.45, 7) is 21.3. The number of hydrogen-bond donors (Lipinski definition) is 0. The van der Waals surface area contributed by atoms with E-state index >= 15 is 0 Å². The van der Waals surface area contributed by atoms with Gasteiger partial charge in [0, 0.05) is 36.2 Å². The fourth-order valence-corrected chi connectivity index (χ4v) is 13.1. The van der Waals surface area contributed by atoms with Crippen molar-refractivity contribution in [3.63, 3.8) is 0 Å². The lowest BCUT2D eigenvalue weighted by Crippen LogP contribution is -2.54. The lowest BCUT2D eigenvalue weighted by Gasteiger charge is -2.39. The Morgan fingerprint density at radius 1 is 0.516 bits per heavy atom. The summed E-state index contributed by atoms with van der Waals surface area (Å²) in [7, 11) is -4.63. The van der Waals surface area contributed by atoms with Crippen LogP contribution in [0.3, 0.4) is 0 Å². The predicted octanol–water partition coefficient (Wildman–Crippen LogP) is 7.77. The Morgan fingerprint density at radius 2 is 0.774 bits per heavy atom. The minimum atomic E-state index is -2.31. The SMILES string of the molecule is CCCCO[Si](C)(OCCCC)C(CC)SC(CC)[Si](C)(OCCCC)OCCCC. The first kappa shape index (κ1) is 31.6. The Bertz CT molecular complexity index is 359. The van der Waals surface area contributed by atoms with Crippen molar-refractivity contribution in [1.82, 2.24) is 0 Å². The lowest BCUT2D eigenvalue weighted by molar-refractivity contribution is 0.165. The first-order chi connectivity index (χ1) is 14.9. The minimum absolute atomic E-state index is 0.391. The molecule has 0 aliphatic carbocycles. The van der Waals surface area contributed by atoms with Crippen LogP contribution in [0.1, 0.15) is 106 Å². The van der Waals surface area contributed by atoms with E-state index in [2.05, 4.69) is 66.4 Å². The summed E-state index contributed by atoms with van der Waals surface area (Å²) in [5.41, 5.74) is 0. The van der Waals surface area contributed by atoms with Crippen molar-refractivity contribution in [3.05, 3.63) is 0 Å². The van der Waals surface area contributed by atoms with Gasteiger partial charge in [-0.15, -0.1) is 0 Å². The molecular weight excluding hydrogens is 440 g/mol. The second kappa shape index (κ2) is 19.0. The van der Waals surface area contributed by atoms with Crippen molar-refractivity contribution in [2.24, 2.45) is 0 Å². The number of unbranched alkanes of at least 4 members (excludes halogenated alkanes) is 4. The highest BCUT2D eigenvalue weighted by Gasteiger charge is 2.47. The Kier molecular flexibility index (Phi) is 19.4. The second-order valence-electron chi connectivity index (χ2n) is 8.77. The van der Waals surface area contributed by atoms with E-state index in [0.717, 1.165) is 90.6 Å². The van der Waals surface area contributed by atoms with E-state index in [0.29, 0.717) is 9.75 Å². The quantitative estimate of drug-likeness (QED) is 0.113. The first-order valence-electron chi connectivity index (χ1n) is 13.1. The zero-order valence-corrected chi connectivity index (χ0v) is 24.9. The molecule has 2 unspecified atom stereocenters. The summed E-state index contributed by atoms with van der Waals surface area (Å²) in [6.07, 6.45) is 11.2. The van der Waals surface area contributed by atoms with Crippen LogP contribution in [0.4, 0.5) is 0 Å². The van der Waals surface area contributed by atoms with Gasteiger partial charge in [0.2, 0.25) is 0 Å². The molecule has 0 saturated heterocycles. The molecule has 0 saturated carbocycles. The van der Waals surface area contributed by atoms with Gasteiger partial charge in [-0.3, -0.25) is 0 Å². The lowest BCUT2D eigenvalue weighted by atomic mass is 10.4. The third-order valence-electron chi connectivity index (χ3n) is 5.79. The van der Waals surface area contributed by atoms with E-state index in [1.165, 1.54) is 0 Å². The van der Waals surface area contributed by atoms with Crippen LogP contribution >= 0.6 is 11.8 Å². The molecule has 0 heterocycles. The van der Waals surface area contributed by atoms with Gasteiger partial charge in [-0.05, 0) is 51.6 Å². The summed E-state index contributed by atoms with van der Waals surface area (Å²) < 4.78 is 26.2. The van der Waals surface area contributed by atoms with Gasteiger partial charge in [-0.2, -0.15) is 11.8 Å². The standard InChI is InChI=1S/C24H54O4SSi2/c1-9-15-19-25-30(7,26-20-16-10-2)23(13-5)29-24(14-6)31(8,27-21-17-11-3)28-22-18-12-4/h23-24H,9-22H2,1-8H3. The molecule has 4 nitrogen and oxygen atoms in total. The van der Waals surface area contributed by atoms with Crippen molar-refractivity contribution in [3.8, 4) is 0 Å². The smallest absolute Gasteiger partial charge is 0.348 e. The highest BCUT2D eigenvalue weighted by Crippen LogP contribution is 2.37. The Morgan fingerprint density at radius 3 is 0.968 bits per heavy atom. The van der Waals surface area contributed by atoms with Crippen LogP contribution in [0.25, 0.3) is 0 Å². The predicted molar refractivity (Wildman–Crippen MR) is 142 cm³/mol. The van der Waals surface area contributed by atoms with Crippen molar-refractivity contribution >= 4 is 28.9 Å². The van der Waals surface area contributed by atoms with Crippen LogP contribution < -0.4 is 0 Å². The third kappa shape index (κ3) is 12.6. The summed E-state index contributed by atoms with van der Waals surface area (Å²) >= 11 is 2.06. The van der Waals surface area contributed by atoms with Crippen LogP contribution in [0.15, 0.2) is 0 Å². The first-order valence-corrected chi connectivity index (χ1v) is 18.8. The molecule has 7 heteroatoms. The van der Waals surface area contributed by atoms with E-state index in [1.54, 1.807) is 0 Å². The molecule has 0 fully saturated rings. The fourth-order valence-electron chi connectivity index (χ4n) is 3.51. The molecule has 0 N–H and O–H groups in total. The van der Waals surface area contributed by atoms with E-state index < -0.39 is 17.1 Å². The molecule has 0 aromatic carbocycles. The van der Waals surface area contributed by atoms with Gasteiger partial charge >= 0.3 is 17.1 Å². The molecule has 0 rings (SSSR count). The monoisotopic (exact) mass is 494 g/mol. The Labute approximate surface area is 201 Å². The van der Waals surface area contributed by atoms with E-state index in [1.807, 2.05) is 0 Å². The molecule has 0 aliphatic heterocycles. The van der Waals surface area contributed by atoms with Gasteiger partial charge in [-0.1, -0.05) is 67.2 Å². The second-order valence-corrected chi connectivity index (χ2v) is 17.6. The summed E-state index contributed by atoms with van der Waals surface area (Å²) in [5.74, 6) is 0. The maximum absolute atomic E-state index is 6.55. The normalized spacial score (nSPS) is 14.7. The van der Waals surface area contributed by atoms with Gasteiger partial charge in [0.1, 0.15) is 0 Å². The van der Waals surface area contributed by atoms with Crippen molar-refractivity contribution < 1.29 is 17.7 Å². The number of thioether (sulfide) groups is 1. The molecule has 0 aromatic rings. The van der Waals surface area contributed by atoms with Crippen LogP contribution in [0.5, 0.6) is 0 Å². The molecule has 0 bridgehead atoms. The van der Waals surface area contributed by atoms with Crippen LogP contribution in [0, 0.1) is 0 Å². The van der Waals surface area contributed by atoms with Gasteiger partial charge < -0.3 is 17.7 Å². The topological polar surface area (TPSA) is 36.9 Å². The number of hydrogen-bond acceptors (Lipinski definition) is 5. The van der Waals surface area contributed by atoms with Crippen molar-refractivity contribution in [2.75, 3.05) is 26.4 Å². The Balaban J connectivity index is 5.50. The molecule has 0 aliphatic rings. The summed E-state index contributed by atoms with van der Waals surface area (Å²) in [4.78, 5) is 0.782. The van der Waals surface area contributed by atoms with Crippen LogP contribution in [-0.4, -0.2) is 53.3 Å². The average molecular weight is 495 g/mol. The van der Waals surface area contributed by atoms with E-state index in [4.69, 9.17) is 17.7 Å². The largest absolute Gasteiger partial charge is 0.394 e.